The lowest BCUT2D eigenvalue weighted by Gasteiger charge is -2.18. The Bertz CT molecular complexity index is 1210. The van der Waals surface area contributed by atoms with Crippen molar-refractivity contribution in [2.24, 2.45) is 5.92 Å². The zero-order valence-electron chi connectivity index (χ0n) is 19.5. The monoisotopic (exact) mass is 485 g/mol. The van der Waals surface area contributed by atoms with Gasteiger partial charge in [0.2, 0.25) is 5.13 Å². The van der Waals surface area contributed by atoms with Crippen LogP contribution >= 0.6 is 23.1 Å². The van der Waals surface area contributed by atoms with E-state index in [0.29, 0.717) is 33.1 Å². The number of benzene rings is 1. The molecule has 0 N–H and O–H groups in total. The molecule has 0 saturated heterocycles. The van der Waals surface area contributed by atoms with Crippen LogP contribution in [0.3, 0.4) is 0 Å². The lowest BCUT2D eigenvalue weighted by molar-refractivity contribution is 0.0591. The second kappa shape index (κ2) is 9.81. The number of carbonyl (C=O) groups is 1. The Morgan fingerprint density at radius 2 is 2.15 bits per heavy atom. The van der Waals surface area contributed by atoms with Crippen molar-refractivity contribution in [1.29, 1.82) is 0 Å². The molecule has 1 atom stereocenters. The van der Waals surface area contributed by atoms with Gasteiger partial charge in [-0.15, -0.1) is 11.8 Å². The zero-order chi connectivity index (χ0) is 23.7. The first-order valence-corrected chi connectivity index (χ1v) is 12.8. The third-order valence-corrected chi connectivity index (χ3v) is 7.88. The molecule has 1 aliphatic rings. The Balaban J connectivity index is 1.88. The quantitative estimate of drug-likeness (QED) is 0.280. The summed E-state index contributed by atoms with van der Waals surface area (Å²) >= 11 is 3.30. The molecular formula is C25H28FN3O2S2. The third-order valence-electron chi connectivity index (χ3n) is 5.64. The van der Waals surface area contributed by atoms with Crippen molar-refractivity contribution in [2.75, 3.05) is 7.11 Å². The Morgan fingerprint density at radius 3 is 2.79 bits per heavy atom. The number of aryl methyl sites for hydroxylation is 1. The molecule has 33 heavy (non-hydrogen) atoms. The predicted octanol–water partition coefficient (Wildman–Crippen LogP) is 6.93. The number of rotatable bonds is 6. The van der Waals surface area contributed by atoms with Crippen molar-refractivity contribution < 1.29 is 13.9 Å². The standard InChI is InChI=1S/C25H28FN3O2S2/c1-14(2)32-24-21(17-11-9-15(3)10-12-17)27-25(33-24)29-22(23(30)31-5)20(16(4)28-29)18-7-6-8-19(26)13-18/h6-8,11,13-15H,9-10,12H2,1-5H3. The number of thiazole rings is 1. The molecule has 0 saturated carbocycles. The number of nitrogens with zero attached hydrogens (tertiary/aromatic N) is 3. The number of esters is 1. The average molecular weight is 486 g/mol. The van der Waals surface area contributed by atoms with Gasteiger partial charge in [0.05, 0.1) is 22.7 Å². The van der Waals surface area contributed by atoms with Crippen LogP contribution in [0.2, 0.25) is 0 Å². The highest BCUT2D eigenvalue weighted by molar-refractivity contribution is 8.01. The van der Waals surface area contributed by atoms with Gasteiger partial charge in [0.25, 0.3) is 0 Å². The number of allylic oxidation sites excluding steroid dienone is 2. The minimum Gasteiger partial charge on any atom is -0.464 e. The highest BCUT2D eigenvalue weighted by Crippen LogP contribution is 2.42. The zero-order valence-corrected chi connectivity index (χ0v) is 21.1. The van der Waals surface area contributed by atoms with Gasteiger partial charge in [0.15, 0.2) is 5.69 Å². The van der Waals surface area contributed by atoms with E-state index in [2.05, 4.69) is 31.9 Å². The molecule has 0 fully saturated rings. The molecule has 0 amide bonds. The molecule has 0 bridgehead atoms. The van der Waals surface area contributed by atoms with Crippen LogP contribution in [0.25, 0.3) is 21.8 Å². The van der Waals surface area contributed by atoms with E-state index >= 15 is 0 Å². The molecule has 2 heterocycles. The van der Waals surface area contributed by atoms with Crippen LogP contribution in [0, 0.1) is 18.7 Å². The van der Waals surface area contributed by atoms with Gasteiger partial charge in [-0.2, -0.15) is 9.78 Å². The van der Waals surface area contributed by atoms with E-state index in [1.165, 1.54) is 36.2 Å². The van der Waals surface area contributed by atoms with E-state index in [9.17, 15) is 9.18 Å². The van der Waals surface area contributed by atoms with Crippen LogP contribution in [-0.2, 0) is 4.74 Å². The van der Waals surface area contributed by atoms with E-state index in [-0.39, 0.29) is 11.5 Å². The van der Waals surface area contributed by atoms with Gasteiger partial charge in [-0.3, -0.25) is 0 Å². The summed E-state index contributed by atoms with van der Waals surface area (Å²) in [6, 6.07) is 6.17. The van der Waals surface area contributed by atoms with E-state index in [1.54, 1.807) is 28.6 Å². The minimum absolute atomic E-state index is 0.258. The summed E-state index contributed by atoms with van der Waals surface area (Å²) in [5.74, 6) is -0.224. The van der Waals surface area contributed by atoms with Crippen LogP contribution < -0.4 is 0 Å². The third kappa shape index (κ3) is 4.92. The van der Waals surface area contributed by atoms with E-state index in [4.69, 9.17) is 9.72 Å². The van der Waals surface area contributed by atoms with Crippen molar-refractivity contribution in [3.63, 3.8) is 0 Å². The molecule has 1 aromatic carbocycles. The lowest BCUT2D eigenvalue weighted by Crippen LogP contribution is -2.11. The molecular weight excluding hydrogens is 457 g/mol. The number of carbonyl (C=O) groups excluding carboxylic acids is 1. The first kappa shape index (κ1) is 23.7. The summed E-state index contributed by atoms with van der Waals surface area (Å²) < 4.78 is 21.8. The highest BCUT2D eigenvalue weighted by atomic mass is 32.2. The molecule has 2 aromatic heterocycles. The molecule has 0 aliphatic heterocycles. The molecule has 5 nitrogen and oxygen atoms in total. The Kier molecular flexibility index (Phi) is 7.05. The second-order valence-corrected chi connectivity index (χ2v) is 11.5. The maximum Gasteiger partial charge on any atom is 0.357 e. The number of hydrogen-bond donors (Lipinski definition) is 0. The smallest absolute Gasteiger partial charge is 0.357 e. The normalized spacial score (nSPS) is 16.2. The fraction of sp³-hybridized carbons (Fsp3) is 0.400. The summed E-state index contributed by atoms with van der Waals surface area (Å²) in [6.07, 6.45) is 5.48. The number of aromatic nitrogens is 3. The number of hydrogen-bond acceptors (Lipinski definition) is 6. The lowest BCUT2D eigenvalue weighted by atomic mass is 9.90. The van der Waals surface area contributed by atoms with Crippen LogP contribution in [0.15, 0.2) is 34.6 Å². The maximum absolute atomic E-state index is 14.0. The van der Waals surface area contributed by atoms with Crippen molar-refractivity contribution in [2.45, 2.75) is 56.4 Å². The van der Waals surface area contributed by atoms with Crippen molar-refractivity contribution in [1.82, 2.24) is 14.8 Å². The van der Waals surface area contributed by atoms with Crippen LogP contribution in [0.1, 0.15) is 61.9 Å². The first-order valence-electron chi connectivity index (χ1n) is 11.1. The summed E-state index contributed by atoms with van der Waals surface area (Å²) in [6.45, 7) is 8.40. The predicted molar refractivity (Wildman–Crippen MR) is 133 cm³/mol. The molecule has 8 heteroatoms. The van der Waals surface area contributed by atoms with E-state index in [0.717, 1.165) is 29.2 Å². The SMILES string of the molecule is COC(=O)c1c(-c2cccc(F)c2)c(C)nn1-c1nc(C2=CCC(C)CC2)c(SC(C)C)s1. The van der Waals surface area contributed by atoms with Crippen molar-refractivity contribution in [3.8, 4) is 16.3 Å². The van der Waals surface area contributed by atoms with Gasteiger partial charge in [0.1, 0.15) is 5.82 Å². The average Bonchev–Trinajstić information content (AvgIpc) is 3.34. The number of halogens is 1. The molecule has 174 valence electrons. The summed E-state index contributed by atoms with van der Waals surface area (Å²) in [7, 11) is 1.34. The van der Waals surface area contributed by atoms with Crippen molar-refractivity contribution >= 4 is 34.6 Å². The number of methoxy groups -OCH3 is 1. The number of thioether (sulfide) groups is 1. The Morgan fingerprint density at radius 1 is 1.36 bits per heavy atom. The van der Waals surface area contributed by atoms with Gasteiger partial charge < -0.3 is 4.74 Å². The molecule has 1 unspecified atom stereocenters. The van der Waals surface area contributed by atoms with Gasteiger partial charge in [0, 0.05) is 10.8 Å². The summed E-state index contributed by atoms with van der Waals surface area (Å²) in [5, 5.41) is 5.66. The van der Waals surface area contributed by atoms with Crippen molar-refractivity contribution in [3.05, 3.63) is 53.2 Å². The molecule has 1 aliphatic carbocycles. The molecule has 0 radical (unpaired) electrons. The van der Waals surface area contributed by atoms with Gasteiger partial charge in [-0.05, 0) is 55.4 Å². The van der Waals surface area contributed by atoms with Crippen LogP contribution in [0.4, 0.5) is 4.39 Å². The topological polar surface area (TPSA) is 57.0 Å². The fourth-order valence-electron chi connectivity index (χ4n) is 4.00. The van der Waals surface area contributed by atoms with Crippen LogP contribution in [-0.4, -0.2) is 33.1 Å². The first-order chi connectivity index (χ1) is 15.8. The van der Waals surface area contributed by atoms with E-state index in [1.807, 2.05) is 6.92 Å². The minimum atomic E-state index is -0.532. The summed E-state index contributed by atoms with van der Waals surface area (Å²) in [5.41, 5.74) is 4.25. The van der Waals surface area contributed by atoms with Gasteiger partial charge in [-0.25, -0.2) is 14.2 Å². The molecule has 0 spiro atoms. The van der Waals surface area contributed by atoms with Gasteiger partial charge in [-0.1, -0.05) is 50.3 Å². The second-order valence-electron chi connectivity index (χ2n) is 8.63. The Hall–Kier alpha value is -2.45. The van der Waals surface area contributed by atoms with Gasteiger partial charge >= 0.3 is 5.97 Å². The largest absolute Gasteiger partial charge is 0.464 e. The highest BCUT2D eigenvalue weighted by Gasteiger charge is 2.28. The Labute approximate surface area is 202 Å². The molecule has 3 aromatic rings. The number of ether oxygens (including phenoxy) is 1. The summed E-state index contributed by atoms with van der Waals surface area (Å²) in [4.78, 5) is 17.9. The fourth-order valence-corrected chi connectivity index (χ4v) is 6.51. The van der Waals surface area contributed by atoms with E-state index < -0.39 is 5.97 Å². The van der Waals surface area contributed by atoms with Crippen LogP contribution in [0.5, 0.6) is 0 Å². The maximum atomic E-state index is 14.0. The molecule has 4 rings (SSSR count).